The maximum absolute atomic E-state index is 2.40. The Morgan fingerprint density at radius 3 is 1.56 bits per heavy atom. The molecule has 0 aliphatic heterocycles. The van der Waals surface area contributed by atoms with Gasteiger partial charge in [-0.15, -0.1) is 0 Å². The second-order valence-electron chi connectivity index (χ2n) is 6.61. The Labute approximate surface area is 200 Å². The molecule has 0 amide bonds. The van der Waals surface area contributed by atoms with Crippen molar-refractivity contribution in [1.82, 2.24) is 10.5 Å². The molecule has 6 heteroatoms. The fourth-order valence-electron chi connectivity index (χ4n) is 2.81. The van der Waals surface area contributed by atoms with E-state index in [1.807, 2.05) is 0 Å². The first kappa shape index (κ1) is 21.5. The molecule has 146 valence electrons. The quantitative estimate of drug-likeness (QED) is 0.230. The van der Waals surface area contributed by atoms with E-state index < -0.39 is 0 Å². The molecular weight excluding hydrogens is 743 g/mol. The monoisotopic (exact) mass is 766 g/mol. The number of aromatic nitrogens is 2. The van der Waals surface area contributed by atoms with Gasteiger partial charge in [-0.05, 0) is 12.8 Å². The van der Waals surface area contributed by atoms with Gasteiger partial charge >= 0.3 is 130 Å². The predicted octanol–water partition coefficient (Wildman–Crippen LogP) is 6.01. The Morgan fingerprint density at radius 1 is 0.815 bits per heavy atom. The van der Waals surface area contributed by atoms with Crippen LogP contribution in [0.25, 0.3) is 0 Å². The van der Waals surface area contributed by atoms with Gasteiger partial charge in [0.1, 0.15) is 0 Å². The normalized spacial score (nSPS) is 13.8. The van der Waals surface area contributed by atoms with Crippen molar-refractivity contribution < 1.29 is 19.4 Å². The number of hydrogen-bond acceptors (Lipinski definition) is 1. The van der Waals surface area contributed by atoms with Gasteiger partial charge in [0.05, 0.1) is 0 Å². The average molecular weight is 766 g/mol. The van der Waals surface area contributed by atoms with Gasteiger partial charge in [-0.25, -0.2) is 0 Å². The Hall–Kier alpha value is -0.242. The molecule has 0 bridgehead atoms. The van der Waals surface area contributed by atoms with Gasteiger partial charge in [-0.3, -0.25) is 0 Å². The predicted molar refractivity (Wildman–Crippen MR) is 124 cm³/mol. The Balaban J connectivity index is 0.000000253. The van der Waals surface area contributed by atoms with Crippen molar-refractivity contribution in [3.8, 4) is 0 Å². The van der Waals surface area contributed by atoms with E-state index in [1.54, 1.807) is 0 Å². The van der Waals surface area contributed by atoms with Gasteiger partial charge < -0.3 is 0 Å². The first-order valence-corrected chi connectivity index (χ1v) is 12.1. The molecule has 27 heavy (non-hydrogen) atoms. The van der Waals surface area contributed by atoms with E-state index in [0.29, 0.717) is 0 Å². The fourth-order valence-corrected chi connectivity index (χ4v) is 4.62. The summed E-state index contributed by atoms with van der Waals surface area (Å²) in [6.45, 7) is 1.84. The van der Waals surface area contributed by atoms with E-state index in [2.05, 4.69) is 149 Å². The van der Waals surface area contributed by atoms with E-state index >= 15 is 0 Å². The molecule has 0 radical (unpaired) electrons. The van der Waals surface area contributed by atoms with Crippen molar-refractivity contribution in [2.75, 3.05) is 0 Å². The van der Waals surface area contributed by atoms with Crippen molar-refractivity contribution in [2.45, 2.75) is 38.4 Å². The number of hydrogen-bond donors (Lipinski definition) is 0. The molecule has 3 aromatic rings. The first-order valence-electron chi connectivity index (χ1n) is 9.03. The van der Waals surface area contributed by atoms with Crippen molar-refractivity contribution >= 4 is 45.7 Å². The summed E-state index contributed by atoms with van der Waals surface area (Å²) in [5.74, 6) is 0. The van der Waals surface area contributed by atoms with E-state index in [9.17, 15) is 0 Å². The summed E-state index contributed by atoms with van der Waals surface area (Å²) >= 11 is 7.08. The molecule has 1 saturated carbocycles. The Bertz CT molecular complexity index is 809. The molecule has 1 aliphatic carbocycles. The molecule has 1 aliphatic rings. The molecule has 1 fully saturated rings. The van der Waals surface area contributed by atoms with Crippen LogP contribution >= 0.6 is 45.7 Å². The molecule has 1 heterocycles. The van der Waals surface area contributed by atoms with Crippen LogP contribution in [0.2, 0.25) is 0 Å². The Kier molecular flexibility index (Phi) is 8.81. The van der Waals surface area contributed by atoms with Crippen LogP contribution in [0.5, 0.6) is 0 Å². The van der Waals surface area contributed by atoms with Crippen LogP contribution in [-0.2, 0) is 32.4 Å². The minimum absolute atomic E-state index is 0.890. The molecule has 3 nitrogen and oxygen atoms in total. The standard InChI is InChI=1S/C17H16N2.C4H7I2N.Pt/c1-3-7-16(8-4-1)13-18-11-12-19(15-18)14-17-9-5-2-6-10-17;5-7(6)4-2-1-3-4;/h1-12H,13-14H2;4H,1-3H2;. The third-order valence-corrected chi connectivity index (χ3v) is 7.49. The summed E-state index contributed by atoms with van der Waals surface area (Å²) in [4.78, 5) is 0. The van der Waals surface area contributed by atoms with Gasteiger partial charge in [0.15, 0.2) is 0 Å². The SMILES string of the molecule is IN(I)C1CCC1.[Pt]=[c]1n(Cc2ccccc2)ccn1Cc1ccccc1. The van der Waals surface area contributed by atoms with E-state index in [4.69, 9.17) is 0 Å². The zero-order valence-electron chi connectivity index (χ0n) is 15.0. The second kappa shape index (κ2) is 11.1. The van der Waals surface area contributed by atoms with Crippen LogP contribution in [0.1, 0.15) is 30.4 Å². The summed E-state index contributed by atoms with van der Waals surface area (Å²) in [6, 6.07) is 22.0. The molecule has 0 N–H and O–H groups in total. The summed E-state index contributed by atoms with van der Waals surface area (Å²) in [5, 5.41) is 0. The van der Waals surface area contributed by atoms with Crippen LogP contribution in [0.3, 0.4) is 0 Å². The third kappa shape index (κ3) is 6.65. The topological polar surface area (TPSA) is 13.1 Å². The van der Waals surface area contributed by atoms with Crippen LogP contribution < -0.4 is 0 Å². The molecule has 2 aromatic carbocycles. The van der Waals surface area contributed by atoms with Crippen molar-refractivity contribution in [3.05, 3.63) is 88.0 Å². The van der Waals surface area contributed by atoms with Gasteiger partial charge in [-0.1, -0.05) is 6.42 Å². The number of rotatable bonds is 5. The third-order valence-electron chi connectivity index (χ3n) is 4.61. The average Bonchev–Trinajstić information content (AvgIpc) is 2.96. The van der Waals surface area contributed by atoms with Gasteiger partial charge in [0.25, 0.3) is 0 Å². The summed E-state index contributed by atoms with van der Waals surface area (Å²) in [7, 11) is 0. The number of halogens is 2. The summed E-state index contributed by atoms with van der Waals surface area (Å²) < 4.78 is 8.05. The van der Waals surface area contributed by atoms with Gasteiger partial charge in [0.2, 0.25) is 0 Å². The zero-order valence-corrected chi connectivity index (χ0v) is 21.5. The van der Waals surface area contributed by atoms with Crippen LogP contribution in [-0.4, -0.2) is 16.5 Å². The van der Waals surface area contributed by atoms with E-state index in [0.717, 1.165) is 19.1 Å². The molecule has 0 unspecified atom stereocenters. The van der Waals surface area contributed by atoms with Gasteiger partial charge in [-0.2, -0.15) is 1.33 Å². The van der Waals surface area contributed by atoms with Crippen LogP contribution in [0, 0.1) is 3.80 Å². The minimum atomic E-state index is 0.890. The number of nitrogens with zero attached hydrogens (tertiary/aromatic N) is 3. The second-order valence-corrected chi connectivity index (χ2v) is 11.6. The molecular formula is C21H23I2N3Pt. The van der Waals surface area contributed by atoms with E-state index in [1.165, 1.54) is 34.2 Å². The summed E-state index contributed by atoms with van der Waals surface area (Å²) in [6.07, 6.45) is 8.56. The number of imidazole rings is 1. The van der Waals surface area contributed by atoms with Gasteiger partial charge in [0, 0.05) is 51.8 Å². The molecule has 0 saturated heterocycles. The fraction of sp³-hybridized carbons (Fsp3) is 0.286. The van der Waals surface area contributed by atoms with Crippen molar-refractivity contribution in [2.24, 2.45) is 0 Å². The van der Waals surface area contributed by atoms with Crippen LogP contribution in [0.4, 0.5) is 0 Å². The maximum atomic E-state index is 2.40. The zero-order chi connectivity index (χ0) is 19.1. The summed E-state index contributed by atoms with van der Waals surface area (Å²) in [5.41, 5.74) is 2.65. The molecule has 4 rings (SSSR count). The number of benzene rings is 2. The molecule has 0 atom stereocenters. The Morgan fingerprint density at radius 2 is 1.26 bits per heavy atom. The van der Waals surface area contributed by atoms with E-state index in [-0.39, 0.29) is 0 Å². The van der Waals surface area contributed by atoms with Crippen molar-refractivity contribution in [3.63, 3.8) is 0 Å². The van der Waals surface area contributed by atoms with Crippen LogP contribution in [0.15, 0.2) is 73.1 Å². The van der Waals surface area contributed by atoms with Crippen molar-refractivity contribution in [1.29, 1.82) is 0 Å². The molecule has 1 aromatic heterocycles. The first-order chi connectivity index (χ1) is 13.1. The molecule has 0 spiro atoms.